The smallest absolute Gasteiger partial charge is 0.312 e. The average Bonchev–Trinajstić information content (AvgIpc) is 3.33. The molecule has 0 aromatic rings. The van der Waals surface area contributed by atoms with Gasteiger partial charge in [0.1, 0.15) is 12.1 Å². The first-order valence-electron chi connectivity index (χ1n) is 11.8. The molecule has 1 aliphatic heterocycles. The maximum atomic E-state index is 13.4. The van der Waals surface area contributed by atoms with Crippen molar-refractivity contribution in [1.82, 2.24) is 20.9 Å². The summed E-state index contributed by atoms with van der Waals surface area (Å²) in [6, 6.07) is -3.50. The van der Waals surface area contributed by atoms with Crippen molar-refractivity contribution in [3.05, 3.63) is 12.7 Å². The number of nitrogens with two attached hydrogens (primary N) is 1. The third-order valence-electron chi connectivity index (χ3n) is 6.36. The number of carbonyl (C=O) groups is 5. The summed E-state index contributed by atoms with van der Waals surface area (Å²) in [7, 11) is 0. The number of Topliss-reactive ketones (excluding diaryl/α,β-unsaturated/α-hetero) is 1. The van der Waals surface area contributed by atoms with Crippen molar-refractivity contribution < 1.29 is 24.0 Å². The standard InChI is InChI=1S/C24H35N5O5/c1-3-5-12-17(20(30)22(32)26-14-4-2)27-21(31)18-13-9-15-29(18)23(33)19(28-24(25)34)16-10-7-6-8-11-16/h1,4,16-19H,2,5-15H2,(H,26,32)(H,27,31)(H3,25,28,34). The van der Waals surface area contributed by atoms with Gasteiger partial charge in [0.15, 0.2) is 0 Å². The Morgan fingerprint density at radius 2 is 1.79 bits per heavy atom. The molecule has 2 rings (SSSR count). The first-order chi connectivity index (χ1) is 16.3. The molecule has 0 aromatic carbocycles. The molecule has 1 saturated heterocycles. The molecule has 3 unspecified atom stereocenters. The largest absolute Gasteiger partial charge is 0.352 e. The van der Waals surface area contributed by atoms with Gasteiger partial charge in [0.2, 0.25) is 17.6 Å². The number of urea groups is 1. The number of hydrogen-bond acceptors (Lipinski definition) is 5. The number of rotatable bonds is 11. The van der Waals surface area contributed by atoms with Crippen molar-refractivity contribution in [1.29, 1.82) is 0 Å². The summed E-state index contributed by atoms with van der Waals surface area (Å²) in [5, 5.41) is 7.61. The molecule has 1 aliphatic carbocycles. The van der Waals surface area contributed by atoms with E-state index < -0.39 is 41.8 Å². The summed E-state index contributed by atoms with van der Waals surface area (Å²) in [5.41, 5.74) is 5.34. The molecule has 5 N–H and O–H groups in total. The Bertz CT molecular complexity index is 830. The topological polar surface area (TPSA) is 151 Å². The van der Waals surface area contributed by atoms with Gasteiger partial charge in [0, 0.05) is 19.5 Å². The van der Waals surface area contributed by atoms with Gasteiger partial charge in [-0.05, 0) is 38.0 Å². The predicted octanol–water partition coefficient (Wildman–Crippen LogP) is 0.364. The van der Waals surface area contributed by atoms with E-state index in [0.717, 1.165) is 32.1 Å². The SMILES string of the molecule is C#CCCC(NC(=O)C1CCCN1C(=O)C(NC(N)=O)C1CCCCC1)C(=O)C(=O)NCC=C. The lowest BCUT2D eigenvalue weighted by atomic mass is 9.83. The van der Waals surface area contributed by atoms with Crippen LogP contribution >= 0.6 is 0 Å². The molecule has 10 nitrogen and oxygen atoms in total. The van der Waals surface area contributed by atoms with Crippen LogP contribution in [0.2, 0.25) is 0 Å². The van der Waals surface area contributed by atoms with Gasteiger partial charge in [-0.1, -0.05) is 25.3 Å². The Morgan fingerprint density at radius 3 is 2.41 bits per heavy atom. The van der Waals surface area contributed by atoms with Crippen LogP contribution in [0.4, 0.5) is 4.79 Å². The van der Waals surface area contributed by atoms with Crippen molar-refractivity contribution in [3.63, 3.8) is 0 Å². The van der Waals surface area contributed by atoms with E-state index in [1.807, 2.05) is 0 Å². The highest BCUT2D eigenvalue weighted by atomic mass is 16.2. The number of carbonyl (C=O) groups excluding carboxylic acids is 5. The summed E-state index contributed by atoms with van der Waals surface area (Å²) in [4.78, 5) is 64.3. The van der Waals surface area contributed by atoms with Crippen LogP contribution in [0.15, 0.2) is 12.7 Å². The molecule has 0 aromatic heterocycles. The highest BCUT2D eigenvalue weighted by Gasteiger charge is 2.41. The first kappa shape index (κ1) is 26.9. The third-order valence-corrected chi connectivity index (χ3v) is 6.36. The highest BCUT2D eigenvalue weighted by Crippen LogP contribution is 2.29. The molecule has 34 heavy (non-hydrogen) atoms. The summed E-state index contributed by atoms with van der Waals surface area (Å²) >= 11 is 0. The minimum absolute atomic E-state index is 0.0448. The minimum atomic E-state index is -1.11. The molecule has 186 valence electrons. The number of terminal acetylenes is 1. The number of ketones is 1. The quantitative estimate of drug-likeness (QED) is 0.194. The molecular weight excluding hydrogens is 438 g/mol. The summed E-state index contributed by atoms with van der Waals surface area (Å²) in [6.07, 6.45) is 12.6. The fourth-order valence-corrected chi connectivity index (χ4v) is 4.66. The lowest BCUT2D eigenvalue weighted by Gasteiger charge is -2.34. The van der Waals surface area contributed by atoms with Crippen molar-refractivity contribution in [2.45, 2.75) is 75.9 Å². The predicted molar refractivity (Wildman–Crippen MR) is 126 cm³/mol. The van der Waals surface area contributed by atoms with Crippen LogP contribution in [-0.4, -0.2) is 65.7 Å². The van der Waals surface area contributed by atoms with Crippen LogP contribution in [0, 0.1) is 18.3 Å². The Labute approximate surface area is 200 Å². The van der Waals surface area contributed by atoms with Gasteiger partial charge in [-0.3, -0.25) is 19.2 Å². The van der Waals surface area contributed by atoms with E-state index in [-0.39, 0.29) is 31.2 Å². The van der Waals surface area contributed by atoms with Crippen LogP contribution < -0.4 is 21.7 Å². The van der Waals surface area contributed by atoms with Gasteiger partial charge < -0.3 is 26.6 Å². The number of hydrogen-bond donors (Lipinski definition) is 4. The van der Waals surface area contributed by atoms with E-state index >= 15 is 0 Å². The molecule has 5 amide bonds. The van der Waals surface area contributed by atoms with Gasteiger partial charge in [-0.2, -0.15) is 0 Å². The summed E-state index contributed by atoms with van der Waals surface area (Å²) < 4.78 is 0. The number of nitrogens with one attached hydrogen (secondary N) is 3. The van der Waals surface area contributed by atoms with Gasteiger partial charge in [-0.15, -0.1) is 18.9 Å². The molecule has 1 saturated carbocycles. The van der Waals surface area contributed by atoms with E-state index in [4.69, 9.17) is 12.2 Å². The molecule has 10 heteroatoms. The Kier molecular flexibility index (Phi) is 10.6. The first-order valence-corrected chi connectivity index (χ1v) is 11.8. The normalized spacial score (nSPS) is 19.9. The number of likely N-dealkylation sites (tertiary alicyclic amines) is 1. The molecule has 3 atom stereocenters. The van der Waals surface area contributed by atoms with E-state index in [1.165, 1.54) is 11.0 Å². The fraction of sp³-hybridized carbons (Fsp3) is 0.625. The van der Waals surface area contributed by atoms with Crippen LogP contribution in [0.3, 0.4) is 0 Å². The zero-order chi connectivity index (χ0) is 25.1. The van der Waals surface area contributed by atoms with E-state index in [9.17, 15) is 24.0 Å². The van der Waals surface area contributed by atoms with Gasteiger partial charge >= 0.3 is 6.03 Å². The van der Waals surface area contributed by atoms with Crippen LogP contribution in [0.5, 0.6) is 0 Å². The zero-order valence-electron chi connectivity index (χ0n) is 19.5. The average molecular weight is 474 g/mol. The monoisotopic (exact) mass is 473 g/mol. The zero-order valence-corrected chi connectivity index (χ0v) is 19.5. The van der Waals surface area contributed by atoms with Crippen molar-refractivity contribution in [2.75, 3.05) is 13.1 Å². The fourth-order valence-electron chi connectivity index (χ4n) is 4.66. The number of nitrogens with zero attached hydrogens (tertiary/aromatic N) is 1. The Balaban J connectivity index is 2.14. The second kappa shape index (κ2) is 13.4. The second-order valence-corrected chi connectivity index (χ2v) is 8.74. The summed E-state index contributed by atoms with van der Waals surface area (Å²) in [6.45, 7) is 3.95. The van der Waals surface area contributed by atoms with E-state index in [2.05, 4.69) is 28.4 Å². The molecule has 0 radical (unpaired) electrons. The van der Waals surface area contributed by atoms with E-state index in [1.54, 1.807) is 0 Å². The second-order valence-electron chi connectivity index (χ2n) is 8.74. The van der Waals surface area contributed by atoms with Gasteiger partial charge in [0.05, 0.1) is 6.04 Å². The van der Waals surface area contributed by atoms with Gasteiger partial charge in [-0.25, -0.2) is 4.79 Å². The summed E-state index contributed by atoms with van der Waals surface area (Å²) in [5.74, 6) is -0.167. The molecule has 0 spiro atoms. The van der Waals surface area contributed by atoms with Crippen LogP contribution in [-0.2, 0) is 19.2 Å². The van der Waals surface area contributed by atoms with Crippen LogP contribution in [0.25, 0.3) is 0 Å². The minimum Gasteiger partial charge on any atom is -0.352 e. The van der Waals surface area contributed by atoms with E-state index in [0.29, 0.717) is 19.4 Å². The maximum absolute atomic E-state index is 13.4. The highest BCUT2D eigenvalue weighted by molar-refractivity contribution is 6.38. The van der Waals surface area contributed by atoms with Crippen LogP contribution in [0.1, 0.15) is 57.8 Å². The van der Waals surface area contributed by atoms with Crippen molar-refractivity contribution in [3.8, 4) is 12.3 Å². The van der Waals surface area contributed by atoms with Crippen molar-refractivity contribution >= 4 is 29.5 Å². The van der Waals surface area contributed by atoms with Crippen molar-refractivity contribution in [2.24, 2.45) is 11.7 Å². The third kappa shape index (κ3) is 7.33. The Morgan fingerprint density at radius 1 is 1.09 bits per heavy atom. The molecule has 2 fully saturated rings. The maximum Gasteiger partial charge on any atom is 0.312 e. The molecule has 1 heterocycles. The molecule has 2 aliphatic rings. The molecular formula is C24H35N5O5. The lowest BCUT2D eigenvalue weighted by Crippen LogP contribution is -2.58. The van der Waals surface area contributed by atoms with Gasteiger partial charge in [0.25, 0.3) is 5.91 Å². The Hall–Kier alpha value is -3.35. The molecule has 0 bridgehead atoms. The number of amides is 5. The lowest BCUT2D eigenvalue weighted by molar-refractivity contribution is -0.143. The number of primary amides is 1.